The first-order valence-electron chi connectivity index (χ1n) is 7.24. The smallest absolute Gasteiger partial charge is 0.191 e. The zero-order valence-electron chi connectivity index (χ0n) is 12.9. The number of guanidine groups is 1. The Morgan fingerprint density at radius 1 is 1.32 bits per heavy atom. The molecule has 0 aliphatic rings. The zero-order valence-corrected chi connectivity index (χ0v) is 13.7. The van der Waals surface area contributed by atoms with E-state index in [0.717, 1.165) is 17.2 Å². The van der Waals surface area contributed by atoms with Crippen molar-refractivity contribution in [3.05, 3.63) is 52.0 Å². The molecule has 0 amide bonds. The van der Waals surface area contributed by atoms with Crippen LogP contribution in [0.25, 0.3) is 0 Å². The number of aliphatic imine (C=N–C) groups is 1. The van der Waals surface area contributed by atoms with Crippen LogP contribution in [0.3, 0.4) is 0 Å². The van der Waals surface area contributed by atoms with Gasteiger partial charge in [-0.1, -0.05) is 30.3 Å². The molecule has 118 valence electrons. The van der Waals surface area contributed by atoms with E-state index in [-0.39, 0.29) is 12.5 Å². The highest BCUT2D eigenvalue weighted by Crippen LogP contribution is 2.14. The first-order valence-corrected chi connectivity index (χ1v) is 8.11. The average Bonchev–Trinajstić information content (AvgIpc) is 2.97. The highest BCUT2D eigenvalue weighted by molar-refractivity contribution is 7.09. The van der Waals surface area contributed by atoms with Crippen LogP contribution in [0.15, 0.2) is 40.8 Å². The number of aliphatic hydroxyl groups excluding tert-OH is 1. The van der Waals surface area contributed by atoms with Gasteiger partial charge in [0.25, 0.3) is 0 Å². The van der Waals surface area contributed by atoms with Crippen LogP contribution in [0, 0.1) is 6.92 Å². The van der Waals surface area contributed by atoms with E-state index in [1.807, 2.05) is 42.8 Å². The number of aryl methyl sites for hydroxylation is 1. The Morgan fingerprint density at radius 3 is 2.68 bits per heavy atom. The van der Waals surface area contributed by atoms with Crippen LogP contribution in [0.4, 0.5) is 0 Å². The lowest BCUT2D eigenvalue weighted by molar-refractivity contribution is 0.265. The van der Waals surface area contributed by atoms with Gasteiger partial charge in [-0.25, -0.2) is 4.98 Å². The summed E-state index contributed by atoms with van der Waals surface area (Å²) < 4.78 is 0. The molecule has 0 spiro atoms. The number of thiazole rings is 1. The summed E-state index contributed by atoms with van der Waals surface area (Å²) in [5, 5.41) is 16.1. The summed E-state index contributed by atoms with van der Waals surface area (Å²) in [5.41, 5.74) is 4.01. The van der Waals surface area contributed by atoms with E-state index in [1.54, 1.807) is 18.4 Å². The number of aliphatic hydroxyl groups is 1. The minimum absolute atomic E-state index is 0.0462. The molecule has 5 nitrogen and oxygen atoms in total. The Morgan fingerprint density at radius 2 is 2.09 bits per heavy atom. The summed E-state index contributed by atoms with van der Waals surface area (Å²) in [4.78, 5) is 9.65. The summed E-state index contributed by atoms with van der Waals surface area (Å²) in [6.07, 6.45) is 0. The van der Waals surface area contributed by atoms with E-state index >= 15 is 0 Å². The van der Waals surface area contributed by atoms with Gasteiger partial charge in [-0.05, 0) is 12.5 Å². The molecule has 1 aromatic carbocycles. The largest absolute Gasteiger partial charge is 0.396 e. The molecule has 0 fully saturated rings. The SMILES string of the molecule is CN=C(NCc1scnc1C)NCC(CO)c1ccccc1. The summed E-state index contributed by atoms with van der Waals surface area (Å²) in [6, 6.07) is 10.00. The van der Waals surface area contributed by atoms with E-state index in [2.05, 4.69) is 20.6 Å². The number of hydrogen-bond donors (Lipinski definition) is 3. The van der Waals surface area contributed by atoms with Gasteiger partial charge in [0.2, 0.25) is 0 Å². The van der Waals surface area contributed by atoms with Gasteiger partial charge in [0.05, 0.1) is 24.4 Å². The van der Waals surface area contributed by atoms with Gasteiger partial charge in [0.15, 0.2) is 5.96 Å². The van der Waals surface area contributed by atoms with Crippen molar-refractivity contribution in [1.82, 2.24) is 15.6 Å². The van der Waals surface area contributed by atoms with Crippen LogP contribution < -0.4 is 10.6 Å². The zero-order chi connectivity index (χ0) is 15.8. The second kappa shape index (κ2) is 8.51. The molecule has 22 heavy (non-hydrogen) atoms. The maximum Gasteiger partial charge on any atom is 0.191 e. The van der Waals surface area contributed by atoms with Gasteiger partial charge in [-0.2, -0.15) is 0 Å². The minimum atomic E-state index is 0.0462. The monoisotopic (exact) mass is 318 g/mol. The Labute approximate surface area is 135 Å². The quantitative estimate of drug-likeness (QED) is 0.562. The van der Waals surface area contributed by atoms with Gasteiger partial charge in [0, 0.05) is 24.4 Å². The van der Waals surface area contributed by atoms with Crippen molar-refractivity contribution in [2.24, 2.45) is 4.99 Å². The third-order valence-corrected chi connectivity index (χ3v) is 4.43. The number of nitrogens with one attached hydrogen (secondary N) is 2. The number of benzene rings is 1. The molecule has 0 radical (unpaired) electrons. The molecule has 0 aliphatic carbocycles. The molecule has 0 aliphatic heterocycles. The molecule has 1 heterocycles. The number of hydrogen-bond acceptors (Lipinski definition) is 4. The summed E-state index contributed by atoms with van der Waals surface area (Å²) in [5.74, 6) is 0.770. The average molecular weight is 318 g/mol. The second-order valence-corrected chi connectivity index (χ2v) is 5.90. The molecule has 0 saturated heterocycles. The molecular weight excluding hydrogens is 296 g/mol. The lowest BCUT2D eigenvalue weighted by atomic mass is 10.0. The van der Waals surface area contributed by atoms with Crippen molar-refractivity contribution in [3.8, 4) is 0 Å². The van der Waals surface area contributed by atoms with Crippen molar-refractivity contribution in [2.45, 2.75) is 19.4 Å². The first kappa shape index (κ1) is 16.5. The molecule has 3 N–H and O–H groups in total. The number of aromatic nitrogens is 1. The molecule has 1 atom stereocenters. The lowest BCUT2D eigenvalue weighted by Crippen LogP contribution is -2.39. The molecule has 1 unspecified atom stereocenters. The molecule has 1 aromatic heterocycles. The summed E-state index contributed by atoms with van der Waals surface area (Å²) in [6.45, 7) is 3.43. The molecule has 2 rings (SSSR count). The second-order valence-electron chi connectivity index (χ2n) is 4.96. The maximum absolute atomic E-state index is 9.57. The van der Waals surface area contributed by atoms with E-state index in [0.29, 0.717) is 13.1 Å². The molecule has 6 heteroatoms. The standard InChI is InChI=1S/C16H22N4OS/c1-12-15(22-11-20-12)9-19-16(17-2)18-8-14(10-21)13-6-4-3-5-7-13/h3-7,11,14,21H,8-10H2,1-2H3,(H2,17,18,19). The summed E-state index contributed by atoms with van der Waals surface area (Å²) in [7, 11) is 1.74. The predicted molar refractivity (Wildman–Crippen MR) is 91.3 cm³/mol. The van der Waals surface area contributed by atoms with Crippen LogP contribution in [-0.2, 0) is 6.54 Å². The molecule has 2 aromatic rings. The minimum Gasteiger partial charge on any atom is -0.396 e. The van der Waals surface area contributed by atoms with E-state index in [1.165, 1.54) is 4.88 Å². The van der Waals surface area contributed by atoms with Crippen molar-refractivity contribution in [1.29, 1.82) is 0 Å². The van der Waals surface area contributed by atoms with E-state index in [4.69, 9.17) is 0 Å². The third kappa shape index (κ3) is 4.54. The van der Waals surface area contributed by atoms with Crippen molar-refractivity contribution in [2.75, 3.05) is 20.2 Å². The molecule has 0 saturated carbocycles. The normalized spacial score (nSPS) is 13.0. The third-order valence-electron chi connectivity index (χ3n) is 3.49. The van der Waals surface area contributed by atoms with Gasteiger partial charge in [0.1, 0.15) is 0 Å². The highest BCUT2D eigenvalue weighted by Gasteiger charge is 2.11. The van der Waals surface area contributed by atoms with Crippen LogP contribution in [0.5, 0.6) is 0 Å². The lowest BCUT2D eigenvalue weighted by Gasteiger charge is -2.18. The number of nitrogens with zero attached hydrogens (tertiary/aromatic N) is 2. The topological polar surface area (TPSA) is 69.5 Å². The van der Waals surface area contributed by atoms with Crippen molar-refractivity contribution in [3.63, 3.8) is 0 Å². The predicted octanol–water partition coefficient (Wildman–Crippen LogP) is 1.89. The fraction of sp³-hybridized carbons (Fsp3) is 0.375. The first-order chi connectivity index (χ1) is 10.7. The van der Waals surface area contributed by atoms with Gasteiger partial charge in [-0.15, -0.1) is 11.3 Å². The maximum atomic E-state index is 9.57. The van der Waals surface area contributed by atoms with Gasteiger partial charge in [-0.3, -0.25) is 4.99 Å². The fourth-order valence-electron chi connectivity index (χ4n) is 2.11. The van der Waals surface area contributed by atoms with E-state index < -0.39 is 0 Å². The summed E-state index contributed by atoms with van der Waals surface area (Å²) >= 11 is 1.63. The van der Waals surface area contributed by atoms with Gasteiger partial charge < -0.3 is 15.7 Å². The molecular formula is C16H22N4OS. The molecule has 0 bridgehead atoms. The van der Waals surface area contributed by atoms with Crippen LogP contribution in [0.2, 0.25) is 0 Å². The van der Waals surface area contributed by atoms with Crippen LogP contribution >= 0.6 is 11.3 Å². The Balaban J connectivity index is 1.86. The Bertz CT molecular complexity index is 597. The van der Waals surface area contributed by atoms with Crippen molar-refractivity contribution >= 4 is 17.3 Å². The van der Waals surface area contributed by atoms with Crippen molar-refractivity contribution < 1.29 is 5.11 Å². The Hall–Kier alpha value is -1.92. The highest BCUT2D eigenvalue weighted by atomic mass is 32.1. The number of rotatable bonds is 6. The van der Waals surface area contributed by atoms with Crippen LogP contribution in [-0.4, -0.2) is 36.2 Å². The van der Waals surface area contributed by atoms with Gasteiger partial charge >= 0.3 is 0 Å². The Kier molecular flexibility index (Phi) is 6.36. The van der Waals surface area contributed by atoms with Crippen LogP contribution in [0.1, 0.15) is 22.1 Å². The van der Waals surface area contributed by atoms with E-state index in [9.17, 15) is 5.11 Å². The fourth-order valence-corrected chi connectivity index (χ4v) is 2.83.